The van der Waals surface area contributed by atoms with Gasteiger partial charge in [0.2, 0.25) is 0 Å². The number of hydrogen-bond donors (Lipinski definition) is 3. The highest BCUT2D eigenvalue weighted by Crippen LogP contribution is 2.16. The van der Waals surface area contributed by atoms with Crippen molar-refractivity contribution in [3.05, 3.63) is 71.4 Å². The average molecular weight is 335 g/mol. The van der Waals surface area contributed by atoms with Gasteiger partial charge in [-0.3, -0.25) is 4.79 Å². The molecule has 0 fully saturated rings. The van der Waals surface area contributed by atoms with Crippen LogP contribution in [0, 0.1) is 11.3 Å². The summed E-state index contributed by atoms with van der Waals surface area (Å²) < 4.78 is 0. The Labute approximate surface area is 145 Å². The molecule has 6 heteroatoms. The van der Waals surface area contributed by atoms with Gasteiger partial charge in [-0.05, 0) is 36.2 Å². The van der Waals surface area contributed by atoms with Crippen molar-refractivity contribution in [2.24, 2.45) is 0 Å². The molecule has 1 amide bonds. The Hall–Kier alpha value is -3.59. The van der Waals surface area contributed by atoms with E-state index >= 15 is 0 Å². The van der Waals surface area contributed by atoms with E-state index in [1.807, 2.05) is 37.3 Å². The second kappa shape index (κ2) is 8.31. The van der Waals surface area contributed by atoms with E-state index in [0.717, 1.165) is 17.7 Å². The van der Waals surface area contributed by atoms with Crippen LogP contribution in [-0.4, -0.2) is 17.0 Å². The van der Waals surface area contributed by atoms with Crippen molar-refractivity contribution >= 4 is 23.3 Å². The largest absolute Gasteiger partial charge is 0.478 e. The van der Waals surface area contributed by atoms with Crippen LogP contribution in [0.3, 0.4) is 0 Å². The number of carboxylic acids is 1. The maximum absolute atomic E-state index is 12.2. The molecule has 3 N–H and O–H groups in total. The van der Waals surface area contributed by atoms with Gasteiger partial charge in [-0.15, -0.1) is 0 Å². The standard InChI is InChI=1S/C19H17N3O3/c1-2-13-6-3-4-9-17(13)21-12-15(11-20)18(23)22-16-8-5-7-14(10-16)19(24)25/h3-10,12,21H,2H2,1H3,(H,22,23)(H,24,25)/b15-12-. The summed E-state index contributed by atoms with van der Waals surface area (Å²) in [6, 6.07) is 15.3. The number of benzene rings is 2. The third-order valence-corrected chi connectivity index (χ3v) is 3.50. The normalized spacial score (nSPS) is 10.6. The Morgan fingerprint density at radius 2 is 1.96 bits per heavy atom. The molecule has 0 bridgehead atoms. The van der Waals surface area contributed by atoms with Gasteiger partial charge in [0.15, 0.2) is 0 Å². The minimum Gasteiger partial charge on any atom is -0.478 e. The van der Waals surface area contributed by atoms with E-state index in [9.17, 15) is 14.9 Å². The van der Waals surface area contributed by atoms with E-state index in [4.69, 9.17) is 5.11 Å². The molecule has 2 rings (SSSR count). The molecule has 0 saturated carbocycles. The highest BCUT2D eigenvalue weighted by Gasteiger charge is 2.11. The molecule has 2 aromatic rings. The quantitative estimate of drug-likeness (QED) is 0.554. The molecular weight excluding hydrogens is 318 g/mol. The molecule has 126 valence electrons. The van der Waals surface area contributed by atoms with E-state index in [-0.39, 0.29) is 11.1 Å². The van der Waals surface area contributed by atoms with Gasteiger partial charge in [0.05, 0.1) is 5.56 Å². The number of carboxylic acid groups (broad SMARTS) is 1. The highest BCUT2D eigenvalue weighted by atomic mass is 16.4. The third-order valence-electron chi connectivity index (χ3n) is 3.50. The summed E-state index contributed by atoms with van der Waals surface area (Å²) in [7, 11) is 0. The minimum atomic E-state index is -1.09. The van der Waals surface area contributed by atoms with Crippen LogP contribution in [0.15, 0.2) is 60.3 Å². The first-order valence-electron chi connectivity index (χ1n) is 7.64. The van der Waals surface area contributed by atoms with Crippen LogP contribution in [-0.2, 0) is 11.2 Å². The fraction of sp³-hybridized carbons (Fsp3) is 0.105. The molecule has 0 aliphatic carbocycles. The molecule has 0 aromatic heterocycles. The lowest BCUT2D eigenvalue weighted by Gasteiger charge is -2.08. The Kier molecular flexibility index (Phi) is 5.91. The first-order valence-corrected chi connectivity index (χ1v) is 7.64. The van der Waals surface area contributed by atoms with E-state index in [1.165, 1.54) is 24.4 Å². The van der Waals surface area contributed by atoms with Crippen LogP contribution in [0.4, 0.5) is 11.4 Å². The lowest BCUT2D eigenvalue weighted by Crippen LogP contribution is -2.15. The van der Waals surface area contributed by atoms with Crippen LogP contribution < -0.4 is 10.6 Å². The first-order chi connectivity index (χ1) is 12.0. The van der Waals surface area contributed by atoms with Crippen molar-refractivity contribution in [1.29, 1.82) is 5.26 Å². The van der Waals surface area contributed by atoms with Crippen molar-refractivity contribution in [3.8, 4) is 6.07 Å². The first kappa shape index (κ1) is 17.8. The number of anilines is 2. The number of carbonyl (C=O) groups excluding carboxylic acids is 1. The molecular formula is C19H17N3O3. The van der Waals surface area contributed by atoms with Crippen LogP contribution in [0.1, 0.15) is 22.8 Å². The molecule has 0 atom stereocenters. The summed E-state index contributed by atoms with van der Waals surface area (Å²) in [5.74, 6) is -1.71. The fourth-order valence-electron chi connectivity index (χ4n) is 2.20. The molecule has 6 nitrogen and oxygen atoms in total. The molecule has 0 saturated heterocycles. The average Bonchev–Trinajstić information content (AvgIpc) is 2.62. The number of carbonyl (C=O) groups is 2. The lowest BCUT2D eigenvalue weighted by molar-refractivity contribution is -0.112. The smallest absolute Gasteiger partial charge is 0.335 e. The Morgan fingerprint density at radius 3 is 2.64 bits per heavy atom. The monoisotopic (exact) mass is 335 g/mol. The highest BCUT2D eigenvalue weighted by molar-refractivity contribution is 6.07. The Balaban J connectivity index is 2.14. The van der Waals surface area contributed by atoms with Crippen LogP contribution >= 0.6 is 0 Å². The van der Waals surface area contributed by atoms with E-state index in [2.05, 4.69) is 10.6 Å². The molecule has 0 radical (unpaired) electrons. The molecule has 0 aliphatic rings. The van der Waals surface area contributed by atoms with Gasteiger partial charge in [0.25, 0.3) is 5.91 Å². The van der Waals surface area contributed by atoms with Gasteiger partial charge in [0, 0.05) is 17.6 Å². The number of hydrogen-bond acceptors (Lipinski definition) is 4. The summed E-state index contributed by atoms with van der Waals surface area (Å²) in [5.41, 5.74) is 2.12. The van der Waals surface area contributed by atoms with Gasteiger partial charge in [0.1, 0.15) is 11.6 Å². The number of nitrogens with zero attached hydrogens (tertiary/aromatic N) is 1. The van der Waals surface area contributed by atoms with E-state index in [1.54, 1.807) is 6.07 Å². The summed E-state index contributed by atoms with van der Waals surface area (Å²) >= 11 is 0. The van der Waals surface area contributed by atoms with Gasteiger partial charge in [-0.1, -0.05) is 31.2 Å². The van der Waals surface area contributed by atoms with Crippen LogP contribution in [0.25, 0.3) is 0 Å². The SMILES string of the molecule is CCc1ccccc1N/C=C(/C#N)C(=O)Nc1cccc(C(=O)O)c1. The lowest BCUT2D eigenvalue weighted by atomic mass is 10.1. The summed E-state index contributed by atoms with van der Waals surface area (Å²) in [5, 5.41) is 23.7. The van der Waals surface area contributed by atoms with Crippen LogP contribution in [0.2, 0.25) is 0 Å². The summed E-state index contributed by atoms with van der Waals surface area (Å²) in [6.45, 7) is 2.01. The molecule has 0 heterocycles. The zero-order chi connectivity index (χ0) is 18.2. The topological polar surface area (TPSA) is 102 Å². The van der Waals surface area contributed by atoms with Crippen molar-refractivity contribution < 1.29 is 14.7 Å². The van der Waals surface area contributed by atoms with Gasteiger partial charge in [-0.2, -0.15) is 5.26 Å². The Morgan fingerprint density at radius 1 is 1.20 bits per heavy atom. The number of para-hydroxylation sites is 1. The van der Waals surface area contributed by atoms with Gasteiger partial charge in [-0.25, -0.2) is 4.79 Å². The maximum atomic E-state index is 12.2. The zero-order valence-corrected chi connectivity index (χ0v) is 13.6. The van der Waals surface area contributed by atoms with E-state index in [0.29, 0.717) is 5.69 Å². The number of aryl methyl sites for hydroxylation is 1. The van der Waals surface area contributed by atoms with E-state index < -0.39 is 11.9 Å². The Bertz CT molecular complexity index is 866. The maximum Gasteiger partial charge on any atom is 0.335 e. The van der Waals surface area contributed by atoms with Gasteiger partial charge >= 0.3 is 5.97 Å². The third kappa shape index (κ3) is 4.69. The molecule has 0 aliphatic heterocycles. The van der Waals surface area contributed by atoms with Crippen molar-refractivity contribution in [2.45, 2.75) is 13.3 Å². The minimum absolute atomic E-state index is 0.0512. The molecule has 0 unspecified atom stereocenters. The number of nitriles is 1. The summed E-state index contributed by atoms with van der Waals surface area (Å²) in [6.07, 6.45) is 2.15. The molecule has 25 heavy (non-hydrogen) atoms. The predicted octanol–water partition coefficient (Wildman–Crippen LogP) is 3.41. The number of aromatic carboxylic acids is 1. The number of nitrogens with one attached hydrogen (secondary N) is 2. The number of amides is 1. The fourth-order valence-corrected chi connectivity index (χ4v) is 2.20. The zero-order valence-electron chi connectivity index (χ0n) is 13.6. The van der Waals surface area contributed by atoms with Gasteiger partial charge < -0.3 is 15.7 Å². The summed E-state index contributed by atoms with van der Waals surface area (Å²) in [4.78, 5) is 23.2. The van der Waals surface area contributed by atoms with Crippen molar-refractivity contribution in [1.82, 2.24) is 0 Å². The second-order valence-electron chi connectivity index (χ2n) is 5.16. The predicted molar refractivity (Wildman–Crippen MR) is 95.2 cm³/mol. The molecule has 2 aromatic carbocycles. The molecule has 0 spiro atoms. The van der Waals surface area contributed by atoms with Crippen LogP contribution in [0.5, 0.6) is 0 Å². The van der Waals surface area contributed by atoms with Crippen molar-refractivity contribution in [2.75, 3.05) is 10.6 Å². The second-order valence-corrected chi connectivity index (χ2v) is 5.16. The van der Waals surface area contributed by atoms with Crippen molar-refractivity contribution in [3.63, 3.8) is 0 Å². The number of rotatable bonds is 6.